The molecule has 2 aromatic rings. The van der Waals surface area contributed by atoms with Crippen molar-refractivity contribution in [2.45, 2.75) is 26.8 Å². The van der Waals surface area contributed by atoms with Crippen LogP contribution >= 0.6 is 0 Å². The van der Waals surface area contributed by atoms with Gasteiger partial charge in [0.2, 0.25) is 0 Å². The molecular weight excluding hydrogens is 282 g/mol. The zero-order chi connectivity index (χ0) is 15.9. The van der Waals surface area contributed by atoms with Gasteiger partial charge in [0.25, 0.3) is 5.91 Å². The summed E-state index contributed by atoms with van der Waals surface area (Å²) in [4.78, 5) is 20.4. The highest BCUT2D eigenvalue weighted by Crippen LogP contribution is 2.15. The molecule has 0 aliphatic heterocycles. The molecule has 2 heterocycles. The summed E-state index contributed by atoms with van der Waals surface area (Å²) in [6, 6.07) is 4.83. The van der Waals surface area contributed by atoms with E-state index in [0.29, 0.717) is 36.4 Å². The molecule has 0 saturated carbocycles. The van der Waals surface area contributed by atoms with Crippen LogP contribution in [0, 0.1) is 12.8 Å². The molecule has 118 valence electrons. The zero-order valence-corrected chi connectivity index (χ0v) is 13.1. The first-order valence-electron chi connectivity index (χ1n) is 7.28. The van der Waals surface area contributed by atoms with Crippen molar-refractivity contribution in [3.63, 3.8) is 0 Å². The third-order valence-electron chi connectivity index (χ3n) is 2.94. The summed E-state index contributed by atoms with van der Waals surface area (Å²) in [7, 11) is 0. The minimum atomic E-state index is -0.350. The first kappa shape index (κ1) is 16.2. The van der Waals surface area contributed by atoms with E-state index in [1.807, 2.05) is 6.07 Å². The molecule has 1 unspecified atom stereocenters. The van der Waals surface area contributed by atoms with Crippen LogP contribution in [0.4, 0.5) is 0 Å². The summed E-state index contributed by atoms with van der Waals surface area (Å²) < 4.78 is 11.0. The predicted molar refractivity (Wildman–Crippen MR) is 81.3 cm³/mol. The summed E-state index contributed by atoms with van der Waals surface area (Å²) in [5, 5.41) is 2.89. The van der Waals surface area contributed by atoms with E-state index in [4.69, 9.17) is 9.15 Å². The van der Waals surface area contributed by atoms with Crippen molar-refractivity contribution in [1.29, 1.82) is 0 Å². The second kappa shape index (κ2) is 7.70. The Balaban J connectivity index is 2.04. The highest BCUT2D eigenvalue weighted by molar-refractivity contribution is 5.92. The van der Waals surface area contributed by atoms with Gasteiger partial charge in [-0.15, -0.1) is 0 Å². The highest BCUT2D eigenvalue weighted by atomic mass is 16.5. The minimum absolute atomic E-state index is 0.278. The van der Waals surface area contributed by atoms with Crippen LogP contribution in [-0.4, -0.2) is 29.1 Å². The van der Waals surface area contributed by atoms with Gasteiger partial charge in [0.05, 0.1) is 12.9 Å². The van der Waals surface area contributed by atoms with Gasteiger partial charge in [0.15, 0.2) is 0 Å². The Labute approximate surface area is 129 Å². The molecule has 0 fully saturated rings. The highest BCUT2D eigenvalue weighted by Gasteiger charge is 2.19. The van der Waals surface area contributed by atoms with Crippen molar-refractivity contribution >= 4 is 5.91 Å². The third kappa shape index (κ3) is 4.66. The molecule has 0 bridgehead atoms. The minimum Gasteiger partial charge on any atom is -0.467 e. The Kier molecular flexibility index (Phi) is 5.66. The van der Waals surface area contributed by atoms with E-state index in [9.17, 15) is 4.79 Å². The number of hydrogen-bond acceptors (Lipinski definition) is 5. The Bertz CT molecular complexity index is 596. The average Bonchev–Trinajstić information content (AvgIpc) is 3.00. The van der Waals surface area contributed by atoms with Gasteiger partial charge >= 0.3 is 0 Å². The van der Waals surface area contributed by atoms with Crippen LogP contribution < -0.4 is 5.32 Å². The Hall–Kier alpha value is -2.21. The van der Waals surface area contributed by atoms with Gasteiger partial charge in [-0.25, -0.2) is 9.97 Å². The summed E-state index contributed by atoms with van der Waals surface area (Å²) in [5.74, 6) is 1.36. The Morgan fingerprint density at radius 3 is 2.82 bits per heavy atom. The number of nitrogens with one attached hydrogen (secondary N) is 1. The topological polar surface area (TPSA) is 77.2 Å². The van der Waals surface area contributed by atoms with Crippen molar-refractivity contribution in [1.82, 2.24) is 15.3 Å². The van der Waals surface area contributed by atoms with E-state index in [0.717, 1.165) is 0 Å². The molecule has 1 N–H and O–H groups in total. The van der Waals surface area contributed by atoms with E-state index in [-0.39, 0.29) is 11.9 Å². The molecule has 6 nitrogen and oxygen atoms in total. The number of amides is 1. The van der Waals surface area contributed by atoms with Crippen molar-refractivity contribution in [3.8, 4) is 0 Å². The van der Waals surface area contributed by atoms with E-state index in [1.54, 1.807) is 31.5 Å². The van der Waals surface area contributed by atoms with E-state index in [2.05, 4.69) is 29.1 Å². The monoisotopic (exact) mass is 303 g/mol. The largest absolute Gasteiger partial charge is 0.467 e. The number of aryl methyl sites for hydroxylation is 1. The maximum atomic E-state index is 12.3. The summed E-state index contributed by atoms with van der Waals surface area (Å²) in [5.41, 5.74) is 0.327. The zero-order valence-electron chi connectivity index (χ0n) is 13.1. The molecular formula is C16H21N3O3. The maximum Gasteiger partial charge on any atom is 0.270 e. The van der Waals surface area contributed by atoms with E-state index in [1.165, 1.54) is 0 Å². The standard InChI is InChI=1S/C16H21N3O3/c1-11(2)9-21-10-14(15-5-4-8-22-15)19-16(20)13-6-7-17-12(3)18-13/h4-8,11,14H,9-10H2,1-3H3,(H,19,20). The number of carbonyl (C=O) groups is 1. The Morgan fingerprint density at radius 1 is 1.36 bits per heavy atom. The smallest absolute Gasteiger partial charge is 0.270 e. The lowest BCUT2D eigenvalue weighted by Crippen LogP contribution is -2.32. The molecule has 22 heavy (non-hydrogen) atoms. The quantitative estimate of drug-likeness (QED) is 0.850. The Morgan fingerprint density at radius 2 is 2.18 bits per heavy atom. The summed E-state index contributed by atoms with van der Waals surface area (Å²) in [6.45, 7) is 6.86. The number of ether oxygens (including phenoxy) is 1. The molecule has 1 amide bonds. The second-order valence-corrected chi connectivity index (χ2v) is 5.46. The van der Waals surface area contributed by atoms with Crippen LogP contribution in [0.3, 0.4) is 0 Å². The first-order chi connectivity index (χ1) is 10.6. The lowest BCUT2D eigenvalue weighted by Gasteiger charge is -2.17. The fourth-order valence-electron chi connectivity index (χ4n) is 1.92. The molecule has 1 atom stereocenters. The van der Waals surface area contributed by atoms with E-state index >= 15 is 0 Å². The fourth-order valence-corrected chi connectivity index (χ4v) is 1.92. The number of aromatic nitrogens is 2. The lowest BCUT2D eigenvalue weighted by atomic mass is 10.2. The van der Waals surface area contributed by atoms with Gasteiger partial charge in [-0.3, -0.25) is 4.79 Å². The van der Waals surface area contributed by atoms with Crippen molar-refractivity contribution in [2.24, 2.45) is 5.92 Å². The van der Waals surface area contributed by atoms with Gasteiger partial charge in [-0.05, 0) is 31.0 Å². The van der Waals surface area contributed by atoms with Gasteiger partial charge in [-0.1, -0.05) is 13.8 Å². The van der Waals surface area contributed by atoms with Crippen molar-refractivity contribution < 1.29 is 13.9 Å². The summed E-state index contributed by atoms with van der Waals surface area (Å²) in [6.07, 6.45) is 3.14. The number of nitrogens with zero attached hydrogens (tertiary/aromatic N) is 2. The maximum absolute atomic E-state index is 12.3. The molecule has 2 rings (SSSR count). The average molecular weight is 303 g/mol. The van der Waals surface area contributed by atoms with Gasteiger partial charge in [0, 0.05) is 12.8 Å². The number of carbonyl (C=O) groups excluding carboxylic acids is 1. The van der Waals surface area contributed by atoms with Gasteiger partial charge in [0.1, 0.15) is 23.3 Å². The van der Waals surface area contributed by atoms with Gasteiger partial charge in [-0.2, -0.15) is 0 Å². The number of hydrogen-bond donors (Lipinski definition) is 1. The molecule has 0 aliphatic rings. The normalized spacial score (nSPS) is 12.4. The third-order valence-corrected chi connectivity index (χ3v) is 2.94. The van der Waals surface area contributed by atoms with E-state index < -0.39 is 0 Å². The molecule has 0 aliphatic carbocycles. The van der Waals surface area contributed by atoms with Crippen LogP contribution in [0.25, 0.3) is 0 Å². The van der Waals surface area contributed by atoms with Crippen LogP contribution in [-0.2, 0) is 4.74 Å². The molecule has 0 saturated heterocycles. The molecule has 0 spiro atoms. The van der Waals surface area contributed by atoms with Gasteiger partial charge < -0.3 is 14.5 Å². The number of rotatable bonds is 7. The van der Waals surface area contributed by atoms with Crippen molar-refractivity contribution in [2.75, 3.05) is 13.2 Å². The molecule has 6 heteroatoms. The SMILES string of the molecule is Cc1nccc(C(=O)NC(COCC(C)C)c2ccco2)n1. The van der Waals surface area contributed by atoms with Crippen LogP contribution in [0.15, 0.2) is 35.1 Å². The van der Waals surface area contributed by atoms with Crippen molar-refractivity contribution in [3.05, 3.63) is 47.9 Å². The second-order valence-electron chi connectivity index (χ2n) is 5.46. The number of furan rings is 1. The lowest BCUT2D eigenvalue weighted by molar-refractivity contribution is 0.0727. The summed E-state index contributed by atoms with van der Waals surface area (Å²) >= 11 is 0. The van der Waals surface area contributed by atoms with Crippen LogP contribution in [0.2, 0.25) is 0 Å². The van der Waals surface area contributed by atoms with Crippen LogP contribution in [0.5, 0.6) is 0 Å². The predicted octanol–water partition coefficient (Wildman–Crippen LogP) is 2.52. The first-order valence-corrected chi connectivity index (χ1v) is 7.28. The molecule has 0 aromatic carbocycles. The fraction of sp³-hybridized carbons (Fsp3) is 0.438. The molecule has 2 aromatic heterocycles. The molecule has 0 radical (unpaired) electrons. The van der Waals surface area contributed by atoms with Crippen LogP contribution in [0.1, 0.15) is 42.0 Å².